The molecule has 2 aliphatic heterocycles. The number of rotatable bonds is 6. The maximum Gasteiger partial charge on any atom is 0.235 e. The van der Waals surface area contributed by atoms with Crippen molar-refractivity contribution in [2.24, 2.45) is 5.92 Å². The summed E-state index contributed by atoms with van der Waals surface area (Å²) in [5, 5.41) is -0.340. The monoisotopic (exact) mass is 467 g/mol. The van der Waals surface area contributed by atoms with Gasteiger partial charge in [-0.2, -0.15) is 0 Å². The molecule has 0 N–H and O–H groups in total. The van der Waals surface area contributed by atoms with Crippen LogP contribution >= 0.6 is 0 Å². The van der Waals surface area contributed by atoms with Crippen molar-refractivity contribution >= 4 is 22.6 Å². The van der Waals surface area contributed by atoms with Crippen molar-refractivity contribution in [1.82, 2.24) is 14.7 Å². The van der Waals surface area contributed by atoms with Gasteiger partial charge in [-0.15, -0.1) is 0 Å². The highest BCUT2D eigenvalue weighted by atomic mass is 32.2. The highest BCUT2D eigenvalue weighted by Crippen LogP contribution is 2.29. The van der Waals surface area contributed by atoms with Crippen molar-refractivity contribution in [2.45, 2.75) is 18.1 Å². The molecule has 0 aliphatic carbocycles. The Kier molecular flexibility index (Phi) is 7.93. The first-order chi connectivity index (χ1) is 16.0. The van der Waals surface area contributed by atoms with Gasteiger partial charge in [0.25, 0.3) is 0 Å². The largest absolute Gasteiger partial charge is 0.342 e. The normalized spacial score (nSPS) is 19.0. The van der Waals surface area contributed by atoms with E-state index in [9.17, 15) is 13.8 Å². The van der Waals surface area contributed by atoms with Crippen molar-refractivity contribution in [3.8, 4) is 0 Å². The van der Waals surface area contributed by atoms with Crippen molar-refractivity contribution in [1.29, 1.82) is 0 Å². The van der Waals surface area contributed by atoms with E-state index in [1.54, 1.807) is 4.90 Å². The summed E-state index contributed by atoms with van der Waals surface area (Å²) >= 11 is 0. The van der Waals surface area contributed by atoms with Crippen LogP contribution < -0.4 is 0 Å². The average Bonchev–Trinajstić information content (AvgIpc) is 2.85. The molecule has 0 spiro atoms. The van der Waals surface area contributed by atoms with Gasteiger partial charge in [0.15, 0.2) is 0 Å². The Morgan fingerprint density at radius 2 is 1.33 bits per heavy atom. The topological polar surface area (TPSA) is 60.9 Å². The third-order valence-corrected chi connectivity index (χ3v) is 8.35. The van der Waals surface area contributed by atoms with Crippen LogP contribution in [-0.2, 0) is 20.4 Å². The maximum atomic E-state index is 13.4. The fraction of sp³-hybridized carbons (Fsp3) is 0.462. The van der Waals surface area contributed by atoms with Gasteiger partial charge in [-0.25, -0.2) is 0 Å². The van der Waals surface area contributed by atoms with Gasteiger partial charge in [0.2, 0.25) is 11.8 Å². The summed E-state index contributed by atoms with van der Waals surface area (Å²) in [6.45, 7) is 4.52. The predicted octanol–water partition coefficient (Wildman–Crippen LogP) is 2.54. The van der Waals surface area contributed by atoms with E-state index in [4.69, 9.17) is 0 Å². The van der Waals surface area contributed by atoms with E-state index >= 15 is 0 Å². The Bertz CT molecular complexity index is 914. The van der Waals surface area contributed by atoms with E-state index in [1.165, 1.54) is 0 Å². The maximum absolute atomic E-state index is 13.4. The molecule has 0 aromatic heterocycles. The molecule has 2 aliphatic rings. The molecule has 0 radical (unpaired) electrons. The van der Waals surface area contributed by atoms with Gasteiger partial charge in [0.1, 0.15) is 5.75 Å². The van der Waals surface area contributed by atoms with E-state index in [2.05, 4.69) is 11.9 Å². The number of carbonyl (C=O) groups is 2. The number of amides is 2. The molecular weight excluding hydrogens is 434 g/mol. The number of nitrogens with zero attached hydrogens (tertiary/aromatic N) is 3. The van der Waals surface area contributed by atoms with Crippen LogP contribution in [0.1, 0.15) is 29.2 Å². The number of carbonyl (C=O) groups excluding carboxylic acids is 2. The first kappa shape index (κ1) is 23.6. The Hall–Kier alpha value is -2.51. The van der Waals surface area contributed by atoms with E-state index in [-0.39, 0.29) is 28.7 Å². The van der Waals surface area contributed by atoms with Crippen molar-refractivity contribution < 1.29 is 13.8 Å². The summed E-state index contributed by atoms with van der Waals surface area (Å²) < 4.78 is 13.4. The van der Waals surface area contributed by atoms with Gasteiger partial charge >= 0.3 is 0 Å². The summed E-state index contributed by atoms with van der Waals surface area (Å²) in [5.74, 6) is 0.123. The lowest BCUT2D eigenvalue weighted by Crippen LogP contribution is -2.51. The quantitative estimate of drug-likeness (QED) is 0.655. The number of likely N-dealkylation sites (N-methyl/N-ethyl adjacent to an activating group) is 1. The molecule has 2 fully saturated rings. The Labute approximate surface area is 199 Å². The third-order valence-electron chi connectivity index (χ3n) is 6.75. The number of hydrogen-bond acceptors (Lipinski definition) is 4. The molecule has 0 saturated carbocycles. The van der Waals surface area contributed by atoms with Gasteiger partial charge < -0.3 is 14.7 Å². The van der Waals surface area contributed by atoms with E-state index < -0.39 is 10.8 Å². The second kappa shape index (κ2) is 11.1. The molecule has 1 atom stereocenters. The van der Waals surface area contributed by atoms with Crippen LogP contribution in [0.15, 0.2) is 60.7 Å². The van der Waals surface area contributed by atoms with Crippen LogP contribution in [0, 0.1) is 5.92 Å². The fourth-order valence-electron chi connectivity index (χ4n) is 4.71. The molecule has 2 saturated heterocycles. The summed E-state index contributed by atoms with van der Waals surface area (Å²) in [6, 6.07) is 19.5. The molecule has 2 heterocycles. The molecular formula is C26H33N3O3S. The summed E-state index contributed by atoms with van der Waals surface area (Å²) in [7, 11) is 0.692. The molecule has 7 heteroatoms. The number of piperidine rings is 1. The summed E-state index contributed by atoms with van der Waals surface area (Å²) in [6.07, 6.45) is 1.37. The van der Waals surface area contributed by atoms with Crippen LogP contribution in [0.4, 0.5) is 0 Å². The van der Waals surface area contributed by atoms with Crippen LogP contribution in [-0.4, -0.2) is 82.8 Å². The molecule has 1 unspecified atom stereocenters. The Balaban J connectivity index is 1.35. The van der Waals surface area contributed by atoms with Crippen molar-refractivity contribution in [2.75, 3.05) is 52.1 Å². The van der Waals surface area contributed by atoms with E-state index in [0.717, 1.165) is 37.3 Å². The summed E-state index contributed by atoms with van der Waals surface area (Å²) in [4.78, 5) is 31.9. The van der Waals surface area contributed by atoms with Crippen LogP contribution in [0.5, 0.6) is 0 Å². The fourth-order valence-corrected chi connectivity index (χ4v) is 6.22. The van der Waals surface area contributed by atoms with Crippen molar-refractivity contribution in [3.63, 3.8) is 0 Å². The second-order valence-corrected chi connectivity index (χ2v) is 10.5. The first-order valence-corrected chi connectivity index (χ1v) is 13.1. The molecule has 2 amide bonds. The molecule has 2 aromatic carbocycles. The molecule has 0 bridgehead atoms. The van der Waals surface area contributed by atoms with Gasteiger partial charge in [-0.05, 0) is 31.0 Å². The van der Waals surface area contributed by atoms with Crippen LogP contribution in [0.3, 0.4) is 0 Å². The minimum atomic E-state index is -1.39. The smallest absolute Gasteiger partial charge is 0.235 e. The number of benzene rings is 2. The molecule has 33 heavy (non-hydrogen) atoms. The first-order valence-electron chi connectivity index (χ1n) is 11.7. The zero-order valence-electron chi connectivity index (χ0n) is 19.3. The number of likely N-dealkylation sites (tertiary alicyclic amines) is 1. The van der Waals surface area contributed by atoms with Crippen LogP contribution in [0.25, 0.3) is 0 Å². The standard InChI is InChI=1S/C26H33N3O3S/c1-27-16-18-29(19-17-27)26(31)23-12-14-28(15-13-23)24(30)20-33(32)25(21-8-4-2-5-9-21)22-10-6-3-7-11-22/h2-11,23,25H,12-20H2,1H3. The Morgan fingerprint density at radius 3 is 1.85 bits per heavy atom. The zero-order valence-corrected chi connectivity index (χ0v) is 20.1. The summed E-state index contributed by atoms with van der Waals surface area (Å²) in [5.41, 5.74) is 1.90. The predicted molar refractivity (Wildman–Crippen MR) is 131 cm³/mol. The lowest BCUT2D eigenvalue weighted by Gasteiger charge is -2.37. The number of piperazine rings is 1. The second-order valence-electron chi connectivity index (χ2n) is 9.01. The van der Waals surface area contributed by atoms with E-state index in [1.807, 2.05) is 65.6 Å². The average molecular weight is 468 g/mol. The third kappa shape index (κ3) is 5.89. The number of hydrogen-bond donors (Lipinski definition) is 0. The van der Waals surface area contributed by atoms with Gasteiger partial charge in [-0.3, -0.25) is 13.8 Å². The van der Waals surface area contributed by atoms with E-state index in [0.29, 0.717) is 25.9 Å². The molecule has 176 valence electrons. The molecule has 2 aromatic rings. The van der Waals surface area contributed by atoms with Gasteiger partial charge in [-0.1, -0.05) is 60.7 Å². The SMILES string of the molecule is CN1CCN(C(=O)C2CCN(C(=O)CS(=O)C(c3ccccc3)c3ccccc3)CC2)CC1. The zero-order chi connectivity index (χ0) is 23.2. The highest BCUT2D eigenvalue weighted by molar-refractivity contribution is 7.86. The Morgan fingerprint density at radius 1 is 0.818 bits per heavy atom. The lowest BCUT2D eigenvalue weighted by molar-refractivity contribution is -0.141. The van der Waals surface area contributed by atoms with Crippen LogP contribution in [0.2, 0.25) is 0 Å². The highest BCUT2D eigenvalue weighted by Gasteiger charge is 2.32. The molecule has 6 nitrogen and oxygen atoms in total. The minimum absolute atomic E-state index is 0.00840. The van der Waals surface area contributed by atoms with Gasteiger partial charge in [0, 0.05) is 56.0 Å². The lowest BCUT2D eigenvalue weighted by atomic mass is 9.95. The molecule has 4 rings (SSSR count). The minimum Gasteiger partial charge on any atom is -0.342 e. The van der Waals surface area contributed by atoms with Gasteiger partial charge in [0.05, 0.1) is 5.25 Å². The van der Waals surface area contributed by atoms with Crippen molar-refractivity contribution in [3.05, 3.63) is 71.8 Å².